The molecule has 272 valence electrons. The van der Waals surface area contributed by atoms with Crippen molar-refractivity contribution in [1.82, 2.24) is 0 Å². The van der Waals surface area contributed by atoms with Crippen LogP contribution in [0.3, 0.4) is 0 Å². The summed E-state index contributed by atoms with van der Waals surface area (Å²) < 4.78 is 0. The predicted octanol–water partition coefficient (Wildman–Crippen LogP) is 9.52. The molecule has 8 fully saturated rings. The van der Waals surface area contributed by atoms with E-state index in [2.05, 4.69) is 37.4 Å². The summed E-state index contributed by atoms with van der Waals surface area (Å²) in [6, 6.07) is 0. The maximum absolute atomic E-state index is 13.4. The van der Waals surface area contributed by atoms with Crippen molar-refractivity contribution in [3.63, 3.8) is 0 Å². The number of ketones is 2. The first kappa shape index (κ1) is 36.1. The lowest BCUT2D eigenvalue weighted by Crippen LogP contribution is -2.58. The third-order valence-electron chi connectivity index (χ3n) is 17.4. The molecule has 0 aromatic rings. The minimum atomic E-state index is -0.553. The number of carbonyl (C=O) groups excluding carboxylic acids is 2. The van der Waals surface area contributed by atoms with Gasteiger partial charge in [-0.05, 0) is 161 Å². The van der Waals surface area contributed by atoms with Crippen molar-refractivity contribution >= 4 is 11.6 Å². The maximum Gasteiger partial charge on any atom is 0.154 e. The van der Waals surface area contributed by atoms with Gasteiger partial charge < -0.3 is 10.2 Å². The highest BCUT2D eigenvalue weighted by Gasteiger charge is 2.64. The molecule has 0 aliphatic heterocycles. The monoisotopic (exact) mass is 682 g/mol. The average Bonchev–Trinajstić information content (AvgIpc) is 3.53. The van der Waals surface area contributed by atoms with Crippen molar-refractivity contribution in [1.29, 1.82) is 0 Å². The van der Waals surface area contributed by atoms with Gasteiger partial charge in [-0.1, -0.05) is 38.8 Å². The van der Waals surface area contributed by atoms with E-state index in [0.29, 0.717) is 59.9 Å². The van der Waals surface area contributed by atoms with Gasteiger partial charge in [-0.25, -0.2) is 9.69 Å². The fourth-order valence-corrected chi connectivity index (χ4v) is 14.8. The summed E-state index contributed by atoms with van der Waals surface area (Å²) in [4.78, 5) is 33.8. The zero-order valence-electron chi connectivity index (χ0n) is 31.7. The number of fused-ring (bicyclic) bond motifs is 10. The number of carbonyl (C=O) groups is 2. The molecule has 0 unspecified atom stereocenters. The topological polar surface area (TPSA) is 83.3 Å². The SMILES string of the molecule is [C-]#[N+]/C=C1/CC[C@H]2[C@@H]3CC[C@@H]4C[C@](C)(O)CC[C@]4(C)[C@H]3C(=O)C[C@]12C.[C-]#[N+]/C=C1/CC[C@H]2[C@@H]3CC[C@H]4C[C@](C)(O)CC[C@]4(C)[C@H]3C(=O)C[C@]12C. The van der Waals surface area contributed by atoms with Crippen LogP contribution < -0.4 is 0 Å². The van der Waals surface area contributed by atoms with E-state index in [0.717, 1.165) is 89.9 Å². The van der Waals surface area contributed by atoms with E-state index in [1.165, 1.54) is 11.1 Å². The van der Waals surface area contributed by atoms with E-state index >= 15 is 0 Å². The van der Waals surface area contributed by atoms with Crippen molar-refractivity contribution in [2.75, 3.05) is 0 Å². The molecule has 6 heteroatoms. The molecule has 8 saturated carbocycles. The zero-order valence-corrected chi connectivity index (χ0v) is 31.7. The highest BCUT2D eigenvalue weighted by molar-refractivity contribution is 5.85. The summed E-state index contributed by atoms with van der Waals surface area (Å²) in [5, 5.41) is 21.1. The Balaban J connectivity index is 0.000000157. The van der Waals surface area contributed by atoms with Gasteiger partial charge >= 0.3 is 0 Å². The number of rotatable bonds is 0. The molecule has 0 spiro atoms. The van der Waals surface area contributed by atoms with Crippen LogP contribution in [0, 0.1) is 82.1 Å². The predicted molar refractivity (Wildman–Crippen MR) is 195 cm³/mol. The minimum absolute atomic E-state index is 0.0653. The summed E-state index contributed by atoms with van der Waals surface area (Å²) in [6.45, 7) is 27.6. The van der Waals surface area contributed by atoms with Gasteiger partial charge in [-0.2, -0.15) is 0 Å². The molecule has 0 radical (unpaired) electrons. The second-order valence-corrected chi connectivity index (χ2v) is 20.2. The van der Waals surface area contributed by atoms with Crippen molar-refractivity contribution in [3.05, 3.63) is 46.4 Å². The number of allylic oxidation sites excluding steroid dienone is 2. The molecule has 2 N–H and O–H groups in total. The molecule has 6 nitrogen and oxygen atoms in total. The zero-order chi connectivity index (χ0) is 36.1. The lowest BCUT2D eigenvalue weighted by molar-refractivity contribution is -0.164. The molecule has 8 aliphatic rings. The molecule has 8 aliphatic carbocycles. The van der Waals surface area contributed by atoms with Crippen LogP contribution in [-0.4, -0.2) is 33.0 Å². The molecule has 14 atom stereocenters. The number of hydrogen-bond acceptors (Lipinski definition) is 4. The molecular weight excluding hydrogens is 620 g/mol. The molecule has 0 heterocycles. The first-order chi connectivity index (χ1) is 23.4. The van der Waals surface area contributed by atoms with Gasteiger partial charge in [0.2, 0.25) is 0 Å². The Morgan fingerprint density at radius 2 is 0.980 bits per heavy atom. The van der Waals surface area contributed by atoms with Crippen LogP contribution in [0.25, 0.3) is 9.69 Å². The first-order valence-corrected chi connectivity index (χ1v) is 20.0. The van der Waals surface area contributed by atoms with Gasteiger partial charge in [-0.15, -0.1) is 0 Å². The number of aliphatic hydroxyl groups is 2. The Bertz CT molecular complexity index is 1460. The molecule has 0 saturated heterocycles. The van der Waals surface area contributed by atoms with Crippen LogP contribution in [0.4, 0.5) is 0 Å². The third-order valence-corrected chi connectivity index (χ3v) is 17.4. The highest BCUT2D eigenvalue weighted by atomic mass is 16.3. The van der Waals surface area contributed by atoms with Gasteiger partial charge in [-0.3, -0.25) is 9.59 Å². The number of Topliss-reactive ketones (excluding diaryl/α,β-unsaturated/α-hetero) is 2. The standard InChI is InChI=1S/2C22H31NO2/c2*1-20(25)9-10-21(2)14(11-20)5-7-16-17-8-6-15(13-23-4)22(17,3)12-18(24)19(16)21/h2*13-14,16-17,19,25H,5-12H2,1-3H3/b2*15-13-/t14-,16+,17+,19-,20-,21+,22-;14-,16-,17-,19+,20+,21-,22+/m10/s1. The third kappa shape index (κ3) is 5.43. The lowest BCUT2D eigenvalue weighted by atomic mass is 9.44. The van der Waals surface area contributed by atoms with Crippen LogP contribution >= 0.6 is 0 Å². The smallest absolute Gasteiger partial charge is 0.154 e. The molecule has 0 aromatic carbocycles. The summed E-state index contributed by atoms with van der Waals surface area (Å²) in [5.41, 5.74) is 1.31. The number of hydrogen-bond donors (Lipinski definition) is 2. The molecule has 0 bridgehead atoms. The van der Waals surface area contributed by atoms with E-state index in [4.69, 9.17) is 13.1 Å². The van der Waals surface area contributed by atoms with Gasteiger partial charge in [0.05, 0.1) is 24.3 Å². The van der Waals surface area contributed by atoms with Crippen LogP contribution in [0.2, 0.25) is 0 Å². The second-order valence-electron chi connectivity index (χ2n) is 20.2. The van der Waals surface area contributed by atoms with Crippen LogP contribution in [0.15, 0.2) is 23.5 Å². The fraction of sp³-hybridized carbons (Fsp3) is 0.818. The quantitative estimate of drug-likeness (QED) is 0.249. The average molecular weight is 683 g/mol. The Morgan fingerprint density at radius 3 is 1.34 bits per heavy atom. The van der Waals surface area contributed by atoms with E-state index in [1.54, 1.807) is 12.4 Å². The summed E-state index contributed by atoms with van der Waals surface area (Å²) in [5.74, 6) is 4.26. The molecular formula is C44H62N2O4. The Morgan fingerprint density at radius 1 is 0.600 bits per heavy atom. The molecule has 8 rings (SSSR count). The highest BCUT2D eigenvalue weighted by Crippen LogP contribution is 2.68. The van der Waals surface area contributed by atoms with Crippen LogP contribution in [0.5, 0.6) is 0 Å². The normalized spacial score (nSPS) is 53.7. The van der Waals surface area contributed by atoms with Gasteiger partial charge in [0.1, 0.15) is 11.6 Å². The lowest BCUT2D eigenvalue weighted by Gasteiger charge is -2.60. The minimum Gasteiger partial charge on any atom is -0.390 e. The van der Waals surface area contributed by atoms with Gasteiger partial charge in [0.25, 0.3) is 0 Å². The molecule has 0 aromatic heterocycles. The van der Waals surface area contributed by atoms with Crippen LogP contribution in [0.1, 0.15) is 144 Å². The molecule has 50 heavy (non-hydrogen) atoms. The van der Waals surface area contributed by atoms with Crippen molar-refractivity contribution in [3.8, 4) is 0 Å². The Labute approximate surface area is 301 Å². The first-order valence-electron chi connectivity index (χ1n) is 20.0. The van der Waals surface area contributed by atoms with Gasteiger partial charge in [0.15, 0.2) is 12.4 Å². The van der Waals surface area contributed by atoms with E-state index in [1.807, 2.05) is 13.8 Å². The van der Waals surface area contributed by atoms with E-state index < -0.39 is 11.2 Å². The van der Waals surface area contributed by atoms with E-state index in [-0.39, 0.29) is 33.5 Å². The fourth-order valence-electron chi connectivity index (χ4n) is 14.8. The summed E-state index contributed by atoms with van der Waals surface area (Å²) in [7, 11) is 0. The summed E-state index contributed by atoms with van der Waals surface area (Å²) >= 11 is 0. The summed E-state index contributed by atoms with van der Waals surface area (Å²) in [6.07, 6.45) is 18.8. The van der Waals surface area contributed by atoms with Crippen molar-refractivity contribution < 1.29 is 19.8 Å². The molecule has 0 amide bonds. The number of nitrogens with zero attached hydrogens (tertiary/aromatic N) is 2. The van der Waals surface area contributed by atoms with Crippen molar-refractivity contribution in [2.45, 2.75) is 155 Å². The largest absolute Gasteiger partial charge is 0.390 e. The van der Waals surface area contributed by atoms with Gasteiger partial charge in [0, 0.05) is 24.7 Å². The Hall–Kier alpha value is -2.28. The second kappa shape index (κ2) is 12.1. The Kier molecular flexibility index (Phi) is 8.76. The van der Waals surface area contributed by atoms with Crippen molar-refractivity contribution in [2.24, 2.45) is 69.0 Å². The van der Waals surface area contributed by atoms with Crippen LogP contribution in [-0.2, 0) is 9.59 Å². The van der Waals surface area contributed by atoms with E-state index in [9.17, 15) is 19.8 Å². The maximum atomic E-state index is 13.4.